The molecule has 1 aliphatic heterocycles. The van der Waals surface area contributed by atoms with Crippen LogP contribution in [0.2, 0.25) is 0 Å². The van der Waals surface area contributed by atoms with Crippen LogP contribution in [0.4, 0.5) is 0 Å². The van der Waals surface area contributed by atoms with Gasteiger partial charge in [-0.3, -0.25) is 4.99 Å². The number of halogens is 1. The molecule has 0 bridgehead atoms. The van der Waals surface area contributed by atoms with Crippen molar-refractivity contribution < 1.29 is 9.47 Å². The molecule has 6 heteroatoms. The van der Waals surface area contributed by atoms with E-state index < -0.39 is 0 Å². The number of hydrogen-bond acceptors (Lipinski definition) is 3. The zero-order chi connectivity index (χ0) is 14.9. The van der Waals surface area contributed by atoms with Crippen LogP contribution in [0.25, 0.3) is 0 Å². The van der Waals surface area contributed by atoms with E-state index in [0.717, 1.165) is 70.5 Å². The van der Waals surface area contributed by atoms with E-state index in [1.165, 1.54) is 12.8 Å². The molecule has 1 N–H and O–H groups in total. The van der Waals surface area contributed by atoms with Gasteiger partial charge < -0.3 is 19.7 Å². The Hall–Kier alpha value is -0.0800. The highest BCUT2D eigenvalue weighted by molar-refractivity contribution is 14.0. The SMILES string of the molecule is CCNC(=NCC1CC1)N1CCC(OCCCOC)CC1.I. The Morgan fingerprint density at radius 3 is 2.50 bits per heavy atom. The van der Waals surface area contributed by atoms with E-state index in [-0.39, 0.29) is 24.0 Å². The van der Waals surface area contributed by atoms with Crippen molar-refractivity contribution in [2.75, 3.05) is 46.5 Å². The zero-order valence-corrected chi connectivity index (χ0v) is 16.4. The maximum absolute atomic E-state index is 5.91. The Bertz CT molecular complexity index is 317. The third-order valence-corrected chi connectivity index (χ3v) is 4.12. The second kappa shape index (κ2) is 11.5. The lowest BCUT2D eigenvalue weighted by atomic mass is 10.1. The van der Waals surface area contributed by atoms with E-state index >= 15 is 0 Å². The lowest BCUT2D eigenvalue weighted by Crippen LogP contribution is -2.47. The summed E-state index contributed by atoms with van der Waals surface area (Å²) in [4.78, 5) is 7.17. The first-order valence-corrected chi connectivity index (χ1v) is 8.47. The van der Waals surface area contributed by atoms with Gasteiger partial charge in [-0.1, -0.05) is 0 Å². The number of aliphatic imine (C=N–C) groups is 1. The third-order valence-electron chi connectivity index (χ3n) is 4.12. The maximum Gasteiger partial charge on any atom is 0.193 e. The highest BCUT2D eigenvalue weighted by Crippen LogP contribution is 2.29. The number of hydrogen-bond donors (Lipinski definition) is 1. The molecule has 0 unspecified atom stereocenters. The number of guanidine groups is 1. The third kappa shape index (κ3) is 7.46. The molecule has 0 aromatic carbocycles. The summed E-state index contributed by atoms with van der Waals surface area (Å²) in [5.74, 6) is 1.95. The van der Waals surface area contributed by atoms with Crippen LogP contribution in [-0.4, -0.2) is 63.5 Å². The van der Waals surface area contributed by atoms with Gasteiger partial charge in [0.15, 0.2) is 5.96 Å². The summed E-state index contributed by atoms with van der Waals surface area (Å²) >= 11 is 0. The quantitative estimate of drug-likeness (QED) is 0.281. The molecule has 0 aromatic rings. The summed E-state index contributed by atoms with van der Waals surface area (Å²) in [7, 11) is 1.74. The molecule has 0 spiro atoms. The predicted octanol–water partition coefficient (Wildman–Crippen LogP) is 2.50. The summed E-state index contributed by atoms with van der Waals surface area (Å²) in [6, 6.07) is 0. The molecule has 1 saturated carbocycles. The van der Waals surface area contributed by atoms with Crippen molar-refractivity contribution in [2.24, 2.45) is 10.9 Å². The Labute approximate surface area is 152 Å². The van der Waals surface area contributed by atoms with Crippen LogP contribution in [-0.2, 0) is 9.47 Å². The van der Waals surface area contributed by atoms with Crippen LogP contribution in [0.5, 0.6) is 0 Å². The topological polar surface area (TPSA) is 46.1 Å². The molecular formula is C16H32IN3O2. The van der Waals surface area contributed by atoms with Crippen LogP contribution in [0, 0.1) is 5.92 Å². The Morgan fingerprint density at radius 2 is 1.91 bits per heavy atom. The van der Waals surface area contributed by atoms with Crippen LogP contribution in [0.3, 0.4) is 0 Å². The molecule has 1 saturated heterocycles. The number of likely N-dealkylation sites (tertiary alicyclic amines) is 1. The molecule has 0 atom stereocenters. The van der Waals surface area contributed by atoms with Crippen molar-refractivity contribution >= 4 is 29.9 Å². The fraction of sp³-hybridized carbons (Fsp3) is 0.938. The van der Waals surface area contributed by atoms with Gasteiger partial charge >= 0.3 is 0 Å². The molecule has 2 fully saturated rings. The minimum atomic E-state index is 0. The van der Waals surface area contributed by atoms with E-state index in [2.05, 4.69) is 17.1 Å². The molecule has 2 aliphatic rings. The Kier molecular flexibility index (Phi) is 10.4. The van der Waals surface area contributed by atoms with E-state index in [1.807, 2.05) is 0 Å². The first kappa shape index (κ1) is 20.0. The van der Waals surface area contributed by atoms with Crippen molar-refractivity contribution in [1.82, 2.24) is 10.2 Å². The molecule has 0 radical (unpaired) electrons. The molecular weight excluding hydrogens is 393 g/mol. The van der Waals surface area contributed by atoms with Gasteiger partial charge in [-0.05, 0) is 44.9 Å². The number of nitrogens with one attached hydrogen (secondary N) is 1. The van der Waals surface area contributed by atoms with Gasteiger partial charge in [0.25, 0.3) is 0 Å². The van der Waals surface area contributed by atoms with Gasteiger partial charge in [0.05, 0.1) is 6.10 Å². The molecule has 22 heavy (non-hydrogen) atoms. The minimum Gasteiger partial charge on any atom is -0.385 e. The monoisotopic (exact) mass is 425 g/mol. The minimum absolute atomic E-state index is 0. The number of rotatable bonds is 8. The fourth-order valence-electron chi connectivity index (χ4n) is 2.63. The molecule has 1 aliphatic carbocycles. The number of ether oxygens (including phenoxy) is 2. The first-order valence-electron chi connectivity index (χ1n) is 8.47. The van der Waals surface area contributed by atoms with Crippen LogP contribution < -0.4 is 5.32 Å². The summed E-state index contributed by atoms with van der Waals surface area (Å²) in [6.07, 6.45) is 6.31. The lowest BCUT2D eigenvalue weighted by Gasteiger charge is -2.34. The largest absolute Gasteiger partial charge is 0.385 e. The summed E-state index contributed by atoms with van der Waals surface area (Å²) in [6.45, 7) is 7.77. The Morgan fingerprint density at radius 1 is 1.18 bits per heavy atom. The second-order valence-electron chi connectivity index (χ2n) is 6.04. The number of methoxy groups -OCH3 is 1. The molecule has 2 rings (SSSR count). The van der Waals surface area contributed by atoms with Crippen LogP contribution >= 0.6 is 24.0 Å². The van der Waals surface area contributed by atoms with Crippen molar-refractivity contribution in [1.29, 1.82) is 0 Å². The van der Waals surface area contributed by atoms with Crippen LogP contribution in [0.15, 0.2) is 4.99 Å². The van der Waals surface area contributed by atoms with Crippen molar-refractivity contribution in [3.05, 3.63) is 0 Å². The van der Waals surface area contributed by atoms with E-state index in [0.29, 0.717) is 6.10 Å². The molecule has 0 aromatic heterocycles. The van der Waals surface area contributed by atoms with Crippen LogP contribution in [0.1, 0.15) is 39.0 Å². The average Bonchev–Trinajstić information content (AvgIpc) is 3.33. The van der Waals surface area contributed by atoms with E-state index in [1.54, 1.807) is 7.11 Å². The standard InChI is InChI=1S/C16H31N3O2.HI/c1-3-17-16(18-13-14-5-6-14)19-9-7-15(8-10-19)21-12-4-11-20-2;/h14-15H,3-13H2,1-2H3,(H,17,18);1H. The summed E-state index contributed by atoms with van der Waals surface area (Å²) in [5, 5.41) is 3.43. The Balaban J connectivity index is 0.00000242. The highest BCUT2D eigenvalue weighted by Gasteiger charge is 2.24. The van der Waals surface area contributed by atoms with E-state index in [9.17, 15) is 0 Å². The van der Waals surface area contributed by atoms with Gasteiger partial charge in [0.2, 0.25) is 0 Å². The van der Waals surface area contributed by atoms with Gasteiger partial charge in [-0.15, -0.1) is 24.0 Å². The van der Waals surface area contributed by atoms with Crippen molar-refractivity contribution in [2.45, 2.75) is 45.1 Å². The highest BCUT2D eigenvalue weighted by atomic mass is 127. The smallest absolute Gasteiger partial charge is 0.193 e. The van der Waals surface area contributed by atoms with E-state index in [4.69, 9.17) is 14.5 Å². The van der Waals surface area contributed by atoms with Crippen molar-refractivity contribution in [3.8, 4) is 0 Å². The number of nitrogens with zero attached hydrogens (tertiary/aromatic N) is 2. The van der Waals surface area contributed by atoms with Gasteiger partial charge in [0.1, 0.15) is 0 Å². The maximum atomic E-state index is 5.91. The average molecular weight is 425 g/mol. The van der Waals surface area contributed by atoms with Gasteiger partial charge in [-0.2, -0.15) is 0 Å². The first-order chi connectivity index (χ1) is 10.3. The number of piperidine rings is 1. The summed E-state index contributed by atoms with van der Waals surface area (Å²) in [5.41, 5.74) is 0. The van der Waals surface area contributed by atoms with Gasteiger partial charge in [0, 0.05) is 46.5 Å². The summed E-state index contributed by atoms with van der Waals surface area (Å²) < 4.78 is 11.0. The zero-order valence-electron chi connectivity index (χ0n) is 14.1. The molecule has 5 nitrogen and oxygen atoms in total. The molecule has 0 amide bonds. The molecule has 130 valence electrons. The van der Waals surface area contributed by atoms with Gasteiger partial charge in [-0.25, -0.2) is 0 Å². The molecule has 1 heterocycles. The fourth-order valence-corrected chi connectivity index (χ4v) is 2.63. The normalized spacial score (nSPS) is 19.9. The van der Waals surface area contributed by atoms with Crippen molar-refractivity contribution in [3.63, 3.8) is 0 Å². The predicted molar refractivity (Wildman–Crippen MR) is 101 cm³/mol. The lowest BCUT2D eigenvalue weighted by molar-refractivity contribution is 0.00990. The second-order valence-corrected chi connectivity index (χ2v) is 6.04.